The lowest BCUT2D eigenvalue weighted by Crippen LogP contribution is -2.49. The zero-order chi connectivity index (χ0) is 14.8. The Morgan fingerprint density at radius 3 is 2.10 bits per heavy atom. The Bertz CT molecular complexity index is 322. The van der Waals surface area contributed by atoms with Crippen LogP contribution in [0.25, 0.3) is 0 Å². The fourth-order valence-electron chi connectivity index (χ4n) is 3.75. The zero-order valence-corrected chi connectivity index (χ0v) is 13.5. The van der Waals surface area contributed by atoms with Crippen LogP contribution in [0, 0.1) is 17.3 Å². The van der Waals surface area contributed by atoms with Gasteiger partial charge in [-0.05, 0) is 56.3 Å². The van der Waals surface area contributed by atoms with Crippen molar-refractivity contribution in [1.82, 2.24) is 4.90 Å². The summed E-state index contributed by atoms with van der Waals surface area (Å²) in [6.45, 7) is 8.33. The molecule has 3 heteroatoms. The average molecular weight is 280 g/mol. The lowest BCUT2D eigenvalue weighted by molar-refractivity contribution is -0.141. The first-order valence-electron chi connectivity index (χ1n) is 8.44. The summed E-state index contributed by atoms with van der Waals surface area (Å²) >= 11 is 0. The van der Waals surface area contributed by atoms with Crippen molar-refractivity contribution in [3.05, 3.63) is 0 Å². The van der Waals surface area contributed by atoms with Crippen molar-refractivity contribution in [2.45, 2.75) is 71.8 Å². The highest BCUT2D eigenvalue weighted by Crippen LogP contribution is 2.40. The number of hydrogen-bond donors (Lipinski definition) is 1. The molecule has 2 aliphatic carbocycles. The number of rotatable bonds is 4. The van der Waals surface area contributed by atoms with Crippen LogP contribution in [0.2, 0.25) is 0 Å². The molecule has 0 radical (unpaired) electrons. The first-order valence-corrected chi connectivity index (χ1v) is 8.44. The first kappa shape index (κ1) is 15.8. The number of hydrogen-bond acceptors (Lipinski definition) is 2. The smallest absolute Gasteiger partial charge is 0.225 e. The van der Waals surface area contributed by atoms with E-state index in [0.717, 1.165) is 25.3 Å². The first-order chi connectivity index (χ1) is 9.43. The van der Waals surface area contributed by atoms with Crippen molar-refractivity contribution >= 4 is 5.91 Å². The van der Waals surface area contributed by atoms with Crippen LogP contribution in [0.4, 0.5) is 0 Å². The van der Waals surface area contributed by atoms with Gasteiger partial charge in [0, 0.05) is 25.0 Å². The molecule has 2 fully saturated rings. The quantitative estimate of drug-likeness (QED) is 0.859. The summed E-state index contributed by atoms with van der Waals surface area (Å²) in [5.74, 6) is 1.44. The molecule has 0 unspecified atom stereocenters. The second kappa shape index (κ2) is 6.46. The molecule has 0 aromatic heterocycles. The molecule has 2 rings (SSSR count). The fourth-order valence-corrected chi connectivity index (χ4v) is 3.75. The highest BCUT2D eigenvalue weighted by Gasteiger charge is 2.36. The van der Waals surface area contributed by atoms with E-state index in [1.54, 1.807) is 0 Å². The molecule has 0 aliphatic heterocycles. The normalized spacial score (nSPS) is 28.0. The van der Waals surface area contributed by atoms with E-state index in [4.69, 9.17) is 5.73 Å². The van der Waals surface area contributed by atoms with Gasteiger partial charge in [-0.3, -0.25) is 4.79 Å². The maximum Gasteiger partial charge on any atom is 0.225 e. The van der Waals surface area contributed by atoms with Crippen LogP contribution < -0.4 is 5.73 Å². The molecule has 0 bridgehead atoms. The third kappa shape index (κ3) is 3.55. The molecule has 1 amide bonds. The van der Waals surface area contributed by atoms with Gasteiger partial charge in [-0.25, -0.2) is 0 Å². The van der Waals surface area contributed by atoms with E-state index in [1.807, 2.05) is 0 Å². The molecule has 2 aliphatic rings. The fraction of sp³-hybridized carbons (Fsp3) is 0.941. The molecule has 3 nitrogen and oxygen atoms in total. The highest BCUT2D eigenvalue weighted by atomic mass is 16.2. The summed E-state index contributed by atoms with van der Waals surface area (Å²) < 4.78 is 0. The molecule has 0 spiro atoms. The van der Waals surface area contributed by atoms with Gasteiger partial charge < -0.3 is 10.6 Å². The van der Waals surface area contributed by atoms with Crippen LogP contribution in [0.5, 0.6) is 0 Å². The molecule has 2 N–H and O–H groups in total. The Hall–Kier alpha value is -0.570. The predicted molar refractivity (Wildman–Crippen MR) is 83.3 cm³/mol. The van der Waals surface area contributed by atoms with Gasteiger partial charge in [0.05, 0.1) is 0 Å². The van der Waals surface area contributed by atoms with Gasteiger partial charge in [-0.15, -0.1) is 0 Å². The summed E-state index contributed by atoms with van der Waals surface area (Å²) in [5, 5.41) is 0. The van der Waals surface area contributed by atoms with Crippen LogP contribution in [0.1, 0.15) is 65.7 Å². The number of carbonyl (C=O) groups excluding carboxylic acids is 1. The summed E-state index contributed by atoms with van der Waals surface area (Å²) in [6.07, 6.45) is 8.22. The number of nitrogens with two attached hydrogens (primary N) is 1. The van der Waals surface area contributed by atoms with Crippen LogP contribution in [-0.4, -0.2) is 29.9 Å². The van der Waals surface area contributed by atoms with E-state index in [2.05, 4.69) is 25.7 Å². The van der Waals surface area contributed by atoms with Gasteiger partial charge in [-0.2, -0.15) is 0 Å². The van der Waals surface area contributed by atoms with Gasteiger partial charge in [0.15, 0.2) is 0 Å². The predicted octanol–water partition coefficient (Wildman–Crippen LogP) is 3.18. The van der Waals surface area contributed by atoms with Crippen molar-refractivity contribution < 1.29 is 4.79 Å². The molecule has 0 atom stereocenters. The van der Waals surface area contributed by atoms with Crippen molar-refractivity contribution in [2.24, 2.45) is 23.0 Å². The summed E-state index contributed by atoms with van der Waals surface area (Å²) in [5.41, 5.74) is 6.09. The van der Waals surface area contributed by atoms with E-state index >= 15 is 0 Å². The molecule has 0 aromatic carbocycles. The van der Waals surface area contributed by atoms with Gasteiger partial charge in [0.25, 0.3) is 0 Å². The van der Waals surface area contributed by atoms with E-state index in [-0.39, 0.29) is 5.92 Å². The van der Waals surface area contributed by atoms with Crippen molar-refractivity contribution in [3.63, 3.8) is 0 Å². The van der Waals surface area contributed by atoms with Crippen molar-refractivity contribution in [3.8, 4) is 0 Å². The second-order valence-electron chi connectivity index (χ2n) is 7.82. The van der Waals surface area contributed by atoms with Crippen LogP contribution in [0.15, 0.2) is 0 Å². The number of carbonyl (C=O) groups is 1. The third-order valence-corrected chi connectivity index (χ3v) is 5.47. The van der Waals surface area contributed by atoms with Gasteiger partial charge in [0.1, 0.15) is 0 Å². The van der Waals surface area contributed by atoms with E-state index in [1.165, 1.54) is 32.1 Å². The summed E-state index contributed by atoms with van der Waals surface area (Å²) in [6, 6.07) is 0.492. The maximum absolute atomic E-state index is 12.7. The number of amides is 1. The Morgan fingerprint density at radius 2 is 1.70 bits per heavy atom. The van der Waals surface area contributed by atoms with Crippen LogP contribution >= 0.6 is 0 Å². The van der Waals surface area contributed by atoms with E-state index < -0.39 is 0 Å². The summed E-state index contributed by atoms with van der Waals surface area (Å²) in [7, 11) is 0. The molecule has 0 heterocycles. The minimum absolute atomic E-state index is 0.265. The van der Waals surface area contributed by atoms with Crippen molar-refractivity contribution in [1.29, 1.82) is 0 Å². The van der Waals surface area contributed by atoms with E-state index in [9.17, 15) is 4.79 Å². The van der Waals surface area contributed by atoms with Gasteiger partial charge in [0.2, 0.25) is 5.91 Å². The second-order valence-corrected chi connectivity index (χ2v) is 7.82. The largest absolute Gasteiger partial charge is 0.338 e. The molecule has 116 valence electrons. The Morgan fingerprint density at radius 1 is 1.10 bits per heavy atom. The highest BCUT2D eigenvalue weighted by molar-refractivity contribution is 5.79. The number of nitrogens with zero attached hydrogens (tertiary/aromatic N) is 1. The van der Waals surface area contributed by atoms with Crippen molar-refractivity contribution in [2.75, 3.05) is 13.1 Å². The molecular formula is C17H32N2O. The zero-order valence-electron chi connectivity index (χ0n) is 13.5. The topological polar surface area (TPSA) is 46.3 Å². The Kier molecular flexibility index (Phi) is 5.11. The Labute approximate surface area is 124 Å². The molecule has 2 saturated carbocycles. The van der Waals surface area contributed by atoms with Crippen LogP contribution in [0.3, 0.4) is 0 Å². The lowest BCUT2D eigenvalue weighted by atomic mass is 9.69. The monoisotopic (exact) mass is 280 g/mol. The minimum atomic E-state index is 0.265. The lowest BCUT2D eigenvalue weighted by Gasteiger charge is -2.42. The standard InChI is InChI=1S/C17H32N2O/c1-17(2,3)14-9-7-13(8-10-14)16(20)19(12-11-18)15-5-4-6-15/h13-15H,4-12,18H2,1-3H3. The average Bonchev–Trinajstić information content (AvgIpc) is 2.34. The maximum atomic E-state index is 12.7. The molecule has 0 aromatic rings. The third-order valence-electron chi connectivity index (χ3n) is 5.47. The molecular weight excluding hydrogens is 248 g/mol. The minimum Gasteiger partial charge on any atom is -0.338 e. The Balaban J connectivity index is 1.89. The molecule has 20 heavy (non-hydrogen) atoms. The van der Waals surface area contributed by atoms with Crippen LogP contribution in [-0.2, 0) is 4.79 Å². The summed E-state index contributed by atoms with van der Waals surface area (Å²) in [4.78, 5) is 14.9. The molecule has 0 saturated heterocycles. The van der Waals surface area contributed by atoms with Gasteiger partial charge in [-0.1, -0.05) is 20.8 Å². The SMILES string of the molecule is CC(C)(C)C1CCC(C(=O)N(CCN)C2CCC2)CC1. The van der Waals surface area contributed by atoms with Gasteiger partial charge >= 0.3 is 0 Å². The van der Waals surface area contributed by atoms with E-state index in [0.29, 0.717) is 23.9 Å².